The Morgan fingerprint density at radius 2 is 1.92 bits per heavy atom. The average Bonchev–Trinajstić information content (AvgIpc) is 3.43. The summed E-state index contributed by atoms with van der Waals surface area (Å²) in [6.45, 7) is 0.532. The second kappa shape index (κ2) is 8.07. The second-order valence-electron chi connectivity index (χ2n) is 6.41. The molecule has 1 N–H and O–H groups in total. The van der Waals surface area contributed by atoms with E-state index in [0.717, 1.165) is 12.8 Å². The fourth-order valence-corrected chi connectivity index (χ4v) is 2.47. The number of hydrogen-bond donors (Lipinski definition) is 1. The van der Waals surface area contributed by atoms with E-state index in [1.54, 1.807) is 18.2 Å². The lowest BCUT2D eigenvalue weighted by Gasteiger charge is -2.19. The molecule has 8 heteroatoms. The van der Waals surface area contributed by atoms with Gasteiger partial charge in [-0.25, -0.2) is 0 Å². The third-order valence-corrected chi connectivity index (χ3v) is 4.06. The van der Waals surface area contributed by atoms with Crippen LogP contribution in [-0.2, 0) is 25.5 Å². The summed E-state index contributed by atoms with van der Waals surface area (Å²) in [5, 5.41) is 2.80. The number of nitrogens with zero attached hydrogens (tertiary/aromatic N) is 1. The predicted octanol–water partition coefficient (Wildman–Crippen LogP) is 0.281. The Bertz CT molecular complexity index is 701. The molecular formula is C18H22N2O6. The van der Waals surface area contributed by atoms with Gasteiger partial charge in [-0.1, -0.05) is 6.07 Å². The van der Waals surface area contributed by atoms with Crippen molar-refractivity contribution in [1.29, 1.82) is 0 Å². The molecular weight excluding hydrogens is 340 g/mol. The molecule has 0 spiro atoms. The Labute approximate surface area is 151 Å². The van der Waals surface area contributed by atoms with Crippen molar-refractivity contribution in [1.82, 2.24) is 10.2 Å². The monoisotopic (exact) mass is 362 g/mol. The molecule has 1 aliphatic carbocycles. The smallest absolute Gasteiger partial charge is 0.310 e. The summed E-state index contributed by atoms with van der Waals surface area (Å²) in [6, 6.07) is 5.47. The molecule has 0 bridgehead atoms. The largest absolute Gasteiger partial charge is 0.486 e. The van der Waals surface area contributed by atoms with Crippen LogP contribution in [0.15, 0.2) is 18.2 Å². The van der Waals surface area contributed by atoms with Crippen LogP contribution in [0.3, 0.4) is 0 Å². The van der Waals surface area contributed by atoms with Crippen molar-refractivity contribution in [3.63, 3.8) is 0 Å². The van der Waals surface area contributed by atoms with E-state index in [0.29, 0.717) is 30.3 Å². The minimum atomic E-state index is -0.522. The van der Waals surface area contributed by atoms with Gasteiger partial charge in [-0.05, 0) is 30.5 Å². The number of fused-ring (bicyclic) bond motifs is 1. The van der Waals surface area contributed by atoms with Gasteiger partial charge >= 0.3 is 5.97 Å². The van der Waals surface area contributed by atoms with Gasteiger partial charge in [-0.2, -0.15) is 0 Å². The molecule has 0 aromatic heterocycles. The van der Waals surface area contributed by atoms with E-state index in [2.05, 4.69) is 5.32 Å². The van der Waals surface area contributed by atoms with Crippen molar-refractivity contribution in [2.45, 2.75) is 25.3 Å². The number of likely N-dealkylation sites (N-methyl/N-ethyl adjacent to an activating group) is 1. The summed E-state index contributed by atoms with van der Waals surface area (Å²) in [5.41, 5.74) is 0.712. The molecule has 2 amide bonds. The lowest BCUT2D eigenvalue weighted by atomic mass is 10.1. The minimum Gasteiger partial charge on any atom is -0.486 e. The average molecular weight is 362 g/mol. The van der Waals surface area contributed by atoms with Crippen LogP contribution >= 0.6 is 0 Å². The standard InChI is InChI=1S/C18H22N2O6/c1-20(10-16(21)19-13-3-4-13)17(22)11-26-18(23)9-12-2-5-14-15(8-12)25-7-6-24-14/h2,5,8,13H,3-4,6-7,9-11H2,1H3,(H,19,21). The first-order valence-electron chi connectivity index (χ1n) is 8.59. The Balaban J connectivity index is 1.41. The molecule has 26 heavy (non-hydrogen) atoms. The first-order valence-corrected chi connectivity index (χ1v) is 8.59. The highest BCUT2D eigenvalue weighted by Crippen LogP contribution is 2.30. The maximum Gasteiger partial charge on any atom is 0.310 e. The number of hydrogen-bond acceptors (Lipinski definition) is 6. The Hall–Kier alpha value is -2.77. The van der Waals surface area contributed by atoms with Crippen molar-refractivity contribution >= 4 is 17.8 Å². The van der Waals surface area contributed by atoms with Crippen molar-refractivity contribution < 1.29 is 28.6 Å². The van der Waals surface area contributed by atoms with E-state index in [-0.39, 0.29) is 24.9 Å². The van der Waals surface area contributed by atoms with Crippen LogP contribution in [0.1, 0.15) is 18.4 Å². The van der Waals surface area contributed by atoms with Gasteiger partial charge in [0.15, 0.2) is 18.1 Å². The van der Waals surface area contributed by atoms with E-state index >= 15 is 0 Å². The highest BCUT2D eigenvalue weighted by molar-refractivity contribution is 5.86. The SMILES string of the molecule is CN(CC(=O)NC1CC1)C(=O)COC(=O)Cc1ccc2c(c1)OCCO2. The highest BCUT2D eigenvalue weighted by atomic mass is 16.6. The van der Waals surface area contributed by atoms with Gasteiger partial charge < -0.3 is 24.4 Å². The molecule has 1 fully saturated rings. The molecule has 1 aromatic rings. The van der Waals surface area contributed by atoms with Gasteiger partial charge in [-0.15, -0.1) is 0 Å². The molecule has 0 atom stereocenters. The van der Waals surface area contributed by atoms with Crippen molar-refractivity contribution in [2.75, 3.05) is 33.4 Å². The van der Waals surface area contributed by atoms with Crippen LogP contribution in [-0.4, -0.2) is 62.1 Å². The number of rotatable bonds is 7. The van der Waals surface area contributed by atoms with Crippen LogP contribution in [0.2, 0.25) is 0 Å². The summed E-state index contributed by atoms with van der Waals surface area (Å²) in [6.07, 6.45) is 2.00. The number of esters is 1. The maximum atomic E-state index is 12.0. The first-order chi connectivity index (χ1) is 12.5. The summed E-state index contributed by atoms with van der Waals surface area (Å²) < 4.78 is 15.9. The number of nitrogens with one attached hydrogen (secondary N) is 1. The minimum absolute atomic E-state index is 0.0236. The topological polar surface area (TPSA) is 94.2 Å². The number of ether oxygens (including phenoxy) is 3. The van der Waals surface area contributed by atoms with E-state index in [1.807, 2.05) is 0 Å². The molecule has 1 heterocycles. The summed E-state index contributed by atoms with van der Waals surface area (Å²) >= 11 is 0. The van der Waals surface area contributed by atoms with Crippen molar-refractivity contribution in [3.05, 3.63) is 23.8 Å². The van der Waals surface area contributed by atoms with Gasteiger partial charge in [-0.3, -0.25) is 14.4 Å². The number of carbonyl (C=O) groups excluding carboxylic acids is 3. The molecule has 2 aliphatic rings. The zero-order valence-electron chi connectivity index (χ0n) is 14.7. The molecule has 0 radical (unpaired) electrons. The van der Waals surface area contributed by atoms with Gasteiger partial charge in [0.25, 0.3) is 5.91 Å². The molecule has 1 saturated carbocycles. The van der Waals surface area contributed by atoms with Gasteiger partial charge in [0.1, 0.15) is 13.2 Å². The predicted molar refractivity (Wildman–Crippen MR) is 90.9 cm³/mol. The molecule has 140 valence electrons. The quantitative estimate of drug-likeness (QED) is 0.700. The molecule has 8 nitrogen and oxygen atoms in total. The van der Waals surface area contributed by atoms with Crippen LogP contribution in [0, 0.1) is 0 Å². The zero-order chi connectivity index (χ0) is 18.5. The van der Waals surface area contributed by atoms with Crippen LogP contribution < -0.4 is 14.8 Å². The lowest BCUT2D eigenvalue weighted by molar-refractivity contribution is -0.151. The summed E-state index contributed by atoms with van der Waals surface area (Å²) in [4.78, 5) is 36.8. The Morgan fingerprint density at radius 1 is 1.19 bits per heavy atom. The lowest BCUT2D eigenvalue weighted by Crippen LogP contribution is -2.40. The van der Waals surface area contributed by atoms with Crippen LogP contribution in [0.5, 0.6) is 11.5 Å². The van der Waals surface area contributed by atoms with E-state index in [1.165, 1.54) is 11.9 Å². The van der Waals surface area contributed by atoms with Gasteiger partial charge in [0.2, 0.25) is 5.91 Å². The van der Waals surface area contributed by atoms with E-state index in [4.69, 9.17) is 14.2 Å². The third-order valence-electron chi connectivity index (χ3n) is 4.06. The number of benzene rings is 1. The fraction of sp³-hybridized carbons (Fsp3) is 0.500. The van der Waals surface area contributed by atoms with Crippen LogP contribution in [0.4, 0.5) is 0 Å². The van der Waals surface area contributed by atoms with Crippen molar-refractivity contribution in [3.8, 4) is 11.5 Å². The van der Waals surface area contributed by atoms with Crippen LogP contribution in [0.25, 0.3) is 0 Å². The summed E-state index contributed by atoms with van der Waals surface area (Å²) in [5.74, 6) is 0.0944. The summed E-state index contributed by atoms with van der Waals surface area (Å²) in [7, 11) is 1.50. The van der Waals surface area contributed by atoms with Gasteiger partial charge in [0, 0.05) is 13.1 Å². The molecule has 3 rings (SSSR count). The van der Waals surface area contributed by atoms with E-state index < -0.39 is 18.5 Å². The Kier molecular flexibility index (Phi) is 5.60. The second-order valence-corrected chi connectivity index (χ2v) is 6.41. The van der Waals surface area contributed by atoms with Gasteiger partial charge in [0.05, 0.1) is 13.0 Å². The molecule has 1 aliphatic heterocycles. The van der Waals surface area contributed by atoms with E-state index in [9.17, 15) is 14.4 Å². The molecule has 1 aromatic carbocycles. The molecule has 0 saturated heterocycles. The maximum absolute atomic E-state index is 12.0. The Morgan fingerprint density at radius 3 is 2.65 bits per heavy atom. The normalized spacial score (nSPS) is 15.1. The fourth-order valence-electron chi connectivity index (χ4n) is 2.47. The zero-order valence-corrected chi connectivity index (χ0v) is 14.7. The number of carbonyl (C=O) groups is 3. The highest BCUT2D eigenvalue weighted by Gasteiger charge is 2.24. The third kappa shape index (κ3) is 5.11. The van der Waals surface area contributed by atoms with Crippen molar-refractivity contribution in [2.24, 2.45) is 0 Å². The first kappa shape index (κ1) is 18.0. The number of amides is 2. The molecule has 0 unspecified atom stereocenters.